The van der Waals surface area contributed by atoms with Crippen molar-refractivity contribution >= 4 is 25.8 Å². The second kappa shape index (κ2) is 6.32. The van der Waals surface area contributed by atoms with Crippen LogP contribution in [0.5, 0.6) is 0 Å². The number of halogens is 1. The third-order valence-corrected chi connectivity index (χ3v) is 8.13. The lowest BCUT2D eigenvalue weighted by atomic mass is 9.82. The van der Waals surface area contributed by atoms with E-state index in [0.29, 0.717) is 4.90 Å². The van der Waals surface area contributed by atoms with Crippen molar-refractivity contribution in [3.8, 4) is 0 Å². The lowest BCUT2D eigenvalue weighted by Crippen LogP contribution is -2.39. The highest BCUT2D eigenvalue weighted by molar-refractivity contribution is 9.10. The molecule has 1 saturated heterocycles. The van der Waals surface area contributed by atoms with Crippen molar-refractivity contribution in [2.45, 2.75) is 35.7 Å². The number of fused-ring (bicyclic) bond motifs is 1. The molecule has 136 valence electrons. The Kier molecular flexibility index (Phi) is 4.37. The van der Waals surface area contributed by atoms with Crippen molar-refractivity contribution in [1.29, 1.82) is 0 Å². The number of ether oxygens (including phenoxy) is 1. The molecule has 1 aliphatic heterocycles. The van der Waals surface area contributed by atoms with Gasteiger partial charge in [-0.05, 0) is 43.7 Å². The topological polar surface area (TPSA) is 43.4 Å². The van der Waals surface area contributed by atoms with E-state index in [9.17, 15) is 8.42 Å². The van der Waals surface area contributed by atoms with Gasteiger partial charge < -0.3 is 4.74 Å². The predicted molar refractivity (Wildman–Crippen MR) is 106 cm³/mol. The summed E-state index contributed by atoms with van der Waals surface area (Å²) in [5, 5.41) is -0.564. The zero-order chi connectivity index (χ0) is 18.5. The summed E-state index contributed by atoms with van der Waals surface area (Å²) in [7, 11) is -3.45. The fourth-order valence-corrected chi connectivity index (χ4v) is 6.64. The van der Waals surface area contributed by atoms with Crippen molar-refractivity contribution in [2.75, 3.05) is 0 Å². The highest BCUT2D eigenvalue weighted by Crippen LogP contribution is 2.55. The summed E-state index contributed by atoms with van der Waals surface area (Å²) in [6.07, 6.45) is 3.78. The van der Waals surface area contributed by atoms with E-state index in [2.05, 4.69) is 15.9 Å². The van der Waals surface area contributed by atoms with Crippen LogP contribution in [0.4, 0.5) is 0 Å². The molecule has 0 bridgehead atoms. The van der Waals surface area contributed by atoms with Gasteiger partial charge in [0.05, 0.1) is 21.9 Å². The number of hydrogen-bond donors (Lipinski definition) is 0. The summed E-state index contributed by atoms with van der Waals surface area (Å²) in [4.78, 5) is 0.373. The molecule has 0 amide bonds. The van der Waals surface area contributed by atoms with Crippen LogP contribution in [0.3, 0.4) is 0 Å². The summed E-state index contributed by atoms with van der Waals surface area (Å²) < 4.78 is 33.9. The zero-order valence-corrected chi connectivity index (χ0v) is 17.1. The second-order valence-corrected chi connectivity index (χ2v) is 10.5. The van der Waals surface area contributed by atoms with Crippen LogP contribution in [-0.4, -0.2) is 19.3 Å². The summed E-state index contributed by atoms with van der Waals surface area (Å²) in [5.41, 5.74) is 0.550. The third-order valence-electron chi connectivity index (χ3n) is 5.50. The number of rotatable bonds is 3. The summed E-state index contributed by atoms with van der Waals surface area (Å²) >= 11 is 3.46. The van der Waals surface area contributed by atoms with E-state index in [0.717, 1.165) is 10.0 Å². The maximum atomic E-state index is 13.2. The first-order valence-electron chi connectivity index (χ1n) is 8.71. The molecular weight excluding hydrogens is 412 g/mol. The molecule has 0 spiro atoms. The van der Waals surface area contributed by atoms with Crippen LogP contribution in [-0.2, 0) is 14.6 Å². The molecule has 0 radical (unpaired) electrons. The lowest BCUT2D eigenvalue weighted by molar-refractivity contribution is -0.0337. The Balaban J connectivity index is 1.71. The van der Waals surface area contributed by atoms with Gasteiger partial charge in [0.2, 0.25) is 0 Å². The van der Waals surface area contributed by atoms with Gasteiger partial charge in [-0.15, -0.1) is 0 Å². The normalized spacial score (nSPS) is 29.7. The first-order chi connectivity index (χ1) is 12.3. The van der Waals surface area contributed by atoms with Gasteiger partial charge in [-0.3, -0.25) is 0 Å². The fourth-order valence-electron chi connectivity index (χ4n) is 4.34. The van der Waals surface area contributed by atoms with E-state index in [4.69, 9.17) is 4.74 Å². The minimum absolute atomic E-state index is 0.0506. The standard InChI is InChI=1S/C21H21BrO3S/c1-21(2)19-17(20(25-21)14-8-10-15(22)11-9-14)12-13-18(19)26(23,24)16-6-4-3-5-7-16/h3-13,17-20H,1-2H3/t17?,18-,19?,20+/m0/s1. The maximum Gasteiger partial charge on any atom is 0.185 e. The van der Waals surface area contributed by atoms with Crippen molar-refractivity contribution in [3.63, 3.8) is 0 Å². The second-order valence-electron chi connectivity index (χ2n) is 7.50. The van der Waals surface area contributed by atoms with Crippen molar-refractivity contribution in [3.05, 3.63) is 76.8 Å². The van der Waals surface area contributed by atoms with Gasteiger partial charge in [0, 0.05) is 16.3 Å². The van der Waals surface area contributed by atoms with E-state index >= 15 is 0 Å². The Labute approximate surface area is 163 Å². The van der Waals surface area contributed by atoms with Crippen LogP contribution in [0.25, 0.3) is 0 Å². The average molecular weight is 433 g/mol. The van der Waals surface area contributed by atoms with E-state index < -0.39 is 20.7 Å². The van der Waals surface area contributed by atoms with E-state index in [-0.39, 0.29) is 17.9 Å². The molecule has 5 heteroatoms. The molecule has 0 N–H and O–H groups in total. The summed E-state index contributed by atoms with van der Waals surface area (Å²) in [6, 6.07) is 16.8. The molecule has 2 aromatic rings. The molecule has 1 aliphatic carbocycles. The van der Waals surface area contributed by atoms with Crippen LogP contribution < -0.4 is 0 Å². The SMILES string of the molecule is CC1(C)O[C@H](c2ccc(Br)cc2)C2C=C[C@H](S(=O)(=O)c3ccccc3)C21. The minimum atomic E-state index is -3.45. The monoisotopic (exact) mass is 432 g/mol. The molecule has 4 atom stereocenters. The lowest BCUT2D eigenvalue weighted by Gasteiger charge is -2.30. The van der Waals surface area contributed by atoms with E-state index in [1.807, 2.05) is 56.3 Å². The van der Waals surface area contributed by atoms with Crippen LogP contribution in [0.1, 0.15) is 25.5 Å². The summed E-state index contributed by atoms with van der Waals surface area (Å²) in [5.74, 6) is -0.0592. The Bertz CT molecular complexity index is 933. The Morgan fingerprint density at radius 2 is 1.62 bits per heavy atom. The highest BCUT2D eigenvalue weighted by atomic mass is 79.9. The van der Waals surface area contributed by atoms with Gasteiger partial charge in [-0.1, -0.05) is 58.4 Å². The number of hydrogen-bond acceptors (Lipinski definition) is 3. The third kappa shape index (κ3) is 2.86. The van der Waals surface area contributed by atoms with Gasteiger partial charge in [-0.25, -0.2) is 8.42 Å². The number of benzene rings is 2. The molecule has 1 fully saturated rings. The molecule has 2 aliphatic rings. The van der Waals surface area contributed by atoms with E-state index in [1.54, 1.807) is 24.3 Å². The van der Waals surface area contributed by atoms with Crippen LogP contribution >= 0.6 is 15.9 Å². The van der Waals surface area contributed by atoms with Crippen molar-refractivity contribution in [2.24, 2.45) is 11.8 Å². The fraction of sp³-hybridized carbons (Fsp3) is 0.333. The maximum absolute atomic E-state index is 13.2. The molecule has 0 aromatic heterocycles. The van der Waals surface area contributed by atoms with Crippen LogP contribution in [0.15, 0.2) is 76.1 Å². The van der Waals surface area contributed by atoms with Crippen molar-refractivity contribution in [1.82, 2.24) is 0 Å². The molecule has 2 aromatic carbocycles. The van der Waals surface area contributed by atoms with Crippen LogP contribution in [0.2, 0.25) is 0 Å². The molecule has 26 heavy (non-hydrogen) atoms. The molecular formula is C21H21BrO3S. The Morgan fingerprint density at radius 1 is 0.962 bits per heavy atom. The average Bonchev–Trinajstić information content (AvgIpc) is 3.17. The Morgan fingerprint density at radius 3 is 2.27 bits per heavy atom. The predicted octanol–water partition coefficient (Wildman–Crippen LogP) is 4.94. The van der Waals surface area contributed by atoms with E-state index in [1.165, 1.54) is 0 Å². The molecule has 3 nitrogen and oxygen atoms in total. The largest absolute Gasteiger partial charge is 0.367 e. The summed E-state index contributed by atoms with van der Waals surface area (Å²) in [6.45, 7) is 4.01. The first kappa shape index (κ1) is 18.0. The quantitative estimate of drug-likeness (QED) is 0.644. The number of sulfone groups is 1. The smallest absolute Gasteiger partial charge is 0.185 e. The zero-order valence-electron chi connectivity index (χ0n) is 14.7. The minimum Gasteiger partial charge on any atom is -0.367 e. The van der Waals surface area contributed by atoms with Gasteiger partial charge in [0.1, 0.15) is 0 Å². The molecule has 1 heterocycles. The first-order valence-corrected chi connectivity index (χ1v) is 11.1. The molecule has 0 saturated carbocycles. The van der Waals surface area contributed by atoms with Gasteiger partial charge in [-0.2, -0.15) is 0 Å². The van der Waals surface area contributed by atoms with Crippen LogP contribution in [0, 0.1) is 11.8 Å². The van der Waals surface area contributed by atoms with Gasteiger partial charge in [0.15, 0.2) is 9.84 Å². The Hall–Kier alpha value is -1.43. The van der Waals surface area contributed by atoms with Gasteiger partial charge in [0.25, 0.3) is 0 Å². The highest BCUT2D eigenvalue weighted by Gasteiger charge is 2.57. The van der Waals surface area contributed by atoms with Gasteiger partial charge >= 0.3 is 0 Å². The molecule has 2 unspecified atom stereocenters. The molecule has 4 rings (SSSR count). The van der Waals surface area contributed by atoms with Crippen molar-refractivity contribution < 1.29 is 13.2 Å².